The topological polar surface area (TPSA) is 105 Å². The molecule has 0 spiro atoms. The standard InChI is InChI=1S/C28H39N3O6S/c1-5-21(3)29-28(33)24(6-2)30(20-22-11-8-7-9-12-22)27(32)13-10-16-31(38(4,34)35)23-14-15-25-26(19-23)37-18-17-36-25/h7-9,11-12,14-15,19,21,24H,5-6,10,13,16-18,20H2,1-4H3,(H,29,33)/t21-,24-/m1/s1. The van der Waals surface area contributed by atoms with Gasteiger partial charge in [-0.1, -0.05) is 44.2 Å². The highest BCUT2D eigenvalue weighted by Gasteiger charge is 2.29. The molecule has 0 bridgehead atoms. The van der Waals surface area contributed by atoms with Gasteiger partial charge in [0, 0.05) is 31.6 Å². The number of hydrogen-bond acceptors (Lipinski definition) is 6. The highest BCUT2D eigenvalue weighted by Crippen LogP contribution is 2.34. The van der Waals surface area contributed by atoms with Crippen LogP contribution in [0.25, 0.3) is 0 Å². The zero-order chi connectivity index (χ0) is 27.7. The summed E-state index contributed by atoms with van der Waals surface area (Å²) in [5, 5.41) is 3.00. The summed E-state index contributed by atoms with van der Waals surface area (Å²) in [7, 11) is -3.61. The highest BCUT2D eigenvalue weighted by molar-refractivity contribution is 7.92. The summed E-state index contributed by atoms with van der Waals surface area (Å²) in [6, 6.07) is 13.9. The number of sulfonamides is 1. The quantitative estimate of drug-likeness (QED) is 0.411. The van der Waals surface area contributed by atoms with E-state index in [-0.39, 0.29) is 37.2 Å². The number of carbonyl (C=O) groups is 2. The third-order valence-electron chi connectivity index (χ3n) is 6.55. The summed E-state index contributed by atoms with van der Waals surface area (Å²) in [6.45, 7) is 7.06. The Balaban J connectivity index is 1.75. The Morgan fingerprint density at radius 3 is 2.32 bits per heavy atom. The molecule has 2 atom stereocenters. The largest absolute Gasteiger partial charge is 0.486 e. The maximum Gasteiger partial charge on any atom is 0.243 e. The highest BCUT2D eigenvalue weighted by atomic mass is 32.2. The lowest BCUT2D eigenvalue weighted by Gasteiger charge is -2.32. The lowest BCUT2D eigenvalue weighted by atomic mass is 10.1. The van der Waals surface area contributed by atoms with Gasteiger partial charge in [0.15, 0.2) is 11.5 Å². The van der Waals surface area contributed by atoms with E-state index in [1.54, 1.807) is 23.1 Å². The van der Waals surface area contributed by atoms with Gasteiger partial charge in [0.25, 0.3) is 0 Å². The van der Waals surface area contributed by atoms with Gasteiger partial charge in [-0.2, -0.15) is 0 Å². The molecule has 0 unspecified atom stereocenters. The van der Waals surface area contributed by atoms with Crippen LogP contribution < -0.4 is 19.1 Å². The number of hydrogen-bond donors (Lipinski definition) is 1. The summed E-state index contributed by atoms with van der Waals surface area (Å²) in [4.78, 5) is 28.2. The molecule has 0 aromatic heterocycles. The van der Waals surface area contributed by atoms with E-state index >= 15 is 0 Å². The molecular weight excluding hydrogens is 506 g/mol. The van der Waals surface area contributed by atoms with Crippen molar-refractivity contribution in [1.82, 2.24) is 10.2 Å². The van der Waals surface area contributed by atoms with Crippen LogP contribution in [0.3, 0.4) is 0 Å². The Hall–Kier alpha value is -3.27. The SMILES string of the molecule is CC[C@@H](C)NC(=O)[C@@H](CC)N(Cc1ccccc1)C(=O)CCCN(c1ccc2c(c1)OCCO2)S(C)(=O)=O. The van der Waals surface area contributed by atoms with E-state index in [0.29, 0.717) is 43.4 Å². The smallest absolute Gasteiger partial charge is 0.243 e. The van der Waals surface area contributed by atoms with Gasteiger partial charge < -0.3 is 19.7 Å². The summed E-state index contributed by atoms with van der Waals surface area (Å²) >= 11 is 0. The Kier molecular flexibility index (Phi) is 10.4. The van der Waals surface area contributed by atoms with Crippen molar-refractivity contribution in [1.29, 1.82) is 0 Å². The van der Waals surface area contributed by atoms with E-state index in [2.05, 4.69) is 5.32 Å². The lowest BCUT2D eigenvalue weighted by Crippen LogP contribution is -2.50. The molecule has 2 amide bonds. The van der Waals surface area contributed by atoms with Crippen LogP contribution in [-0.2, 0) is 26.2 Å². The maximum atomic E-state index is 13.5. The molecule has 0 radical (unpaired) electrons. The first-order chi connectivity index (χ1) is 18.1. The first kappa shape index (κ1) is 29.3. The predicted octanol–water partition coefficient (Wildman–Crippen LogP) is 3.73. The molecule has 38 heavy (non-hydrogen) atoms. The molecule has 0 saturated heterocycles. The van der Waals surface area contributed by atoms with Crippen molar-refractivity contribution in [3.63, 3.8) is 0 Å². The van der Waals surface area contributed by atoms with Gasteiger partial charge >= 0.3 is 0 Å². The minimum absolute atomic E-state index is 0.000422. The van der Waals surface area contributed by atoms with Crippen molar-refractivity contribution in [2.75, 3.05) is 30.3 Å². The lowest BCUT2D eigenvalue weighted by molar-refractivity contribution is -0.141. The molecule has 1 aliphatic heterocycles. The van der Waals surface area contributed by atoms with Crippen LogP contribution in [-0.4, -0.2) is 63.2 Å². The first-order valence-electron chi connectivity index (χ1n) is 13.1. The predicted molar refractivity (Wildman–Crippen MR) is 148 cm³/mol. The number of carbonyl (C=O) groups excluding carboxylic acids is 2. The van der Waals surface area contributed by atoms with Gasteiger partial charge in [0.2, 0.25) is 21.8 Å². The van der Waals surface area contributed by atoms with E-state index < -0.39 is 16.1 Å². The fourth-order valence-corrected chi connectivity index (χ4v) is 5.29. The Morgan fingerprint density at radius 1 is 1.00 bits per heavy atom. The molecule has 0 aliphatic carbocycles. The molecule has 208 valence electrons. The van der Waals surface area contributed by atoms with Crippen LogP contribution in [0.5, 0.6) is 11.5 Å². The second-order valence-electron chi connectivity index (χ2n) is 9.52. The van der Waals surface area contributed by atoms with Crippen molar-refractivity contribution in [3.05, 3.63) is 54.1 Å². The van der Waals surface area contributed by atoms with Crippen molar-refractivity contribution in [2.45, 2.75) is 65.1 Å². The van der Waals surface area contributed by atoms with Crippen LogP contribution in [0.15, 0.2) is 48.5 Å². The van der Waals surface area contributed by atoms with Crippen LogP contribution in [0.2, 0.25) is 0 Å². The van der Waals surface area contributed by atoms with Crippen molar-refractivity contribution in [3.8, 4) is 11.5 Å². The third kappa shape index (κ3) is 7.86. The van der Waals surface area contributed by atoms with Crippen molar-refractivity contribution < 1.29 is 27.5 Å². The Bertz CT molecular complexity index is 1190. The van der Waals surface area contributed by atoms with Gasteiger partial charge in [-0.3, -0.25) is 13.9 Å². The fourth-order valence-electron chi connectivity index (χ4n) is 4.33. The average Bonchev–Trinajstić information content (AvgIpc) is 2.90. The van der Waals surface area contributed by atoms with Crippen LogP contribution >= 0.6 is 0 Å². The average molecular weight is 546 g/mol. The molecular formula is C28H39N3O6S. The molecule has 1 aliphatic rings. The van der Waals surface area contributed by atoms with Gasteiger partial charge in [-0.25, -0.2) is 8.42 Å². The molecule has 9 nitrogen and oxygen atoms in total. The minimum atomic E-state index is -3.61. The van der Waals surface area contributed by atoms with Crippen LogP contribution in [0.1, 0.15) is 52.0 Å². The van der Waals surface area contributed by atoms with Gasteiger partial charge in [0.05, 0.1) is 11.9 Å². The number of nitrogens with zero attached hydrogens (tertiary/aromatic N) is 2. The van der Waals surface area contributed by atoms with Crippen molar-refractivity contribution in [2.24, 2.45) is 0 Å². The van der Waals surface area contributed by atoms with E-state index in [0.717, 1.165) is 18.2 Å². The molecule has 2 aromatic carbocycles. The molecule has 1 N–H and O–H groups in total. The normalized spacial score (nSPS) is 14.3. The van der Waals surface area contributed by atoms with Gasteiger partial charge in [0.1, 0.15) is 19.3 Å². The monoisotopic (exact) mass is 545 g/mol. The van der Waals surface area contributed by atoms with Crippen molar-refractivity contribution >= 4 is 27.5 Å². The van der Waals surface area contributed by atoms with Gasteiger partial charge in [-0.05, 0) is 43.9 Å². The van der Waals surface area contributed by atoms with E-state index in [1.165, 1.54) is 4.31 Å². The number of benzene rings is 2. The fraction of sp³-hybridized carbons (Fsp3) is 0.500. The third-order valence-corrected chi connectivity index (χ3v) is 7.74. The number of amides is 2. The second kappa shape index (κ2) is 13.5. The molecule has 3 rings (SSSR count). The number of anilines is 1. The molecule has 0 saturated carbocycles. The zero-order valence-electron chi connectivity index (χ0n) is 22.7. The summed E-state index contributed by atoms with van der Waals surface area (Å²) in [6.07, 6.45) is 2.77. The number of ether oxygens (including phenoxy) is 2. The Labute approximate surface area is 226 Å². The molecule has 10 heteroatoms. The van der Waals surface area contributed by atoms with E-state index in [9.17, 15) is 18.0 Å². The summed E-state index contributed by atoms with van der Waals surface area (Å²) in [5.74, 6) is 0.683. The second-order valence-corrected chi connectivity index (χ2v) is 11.4. The number of fused-ring (bicyclic) bond motifs is 1. The number of nitrogens with one attached hydrogen (secondary N) is 1. The zero-order valence-corrected chi connectivity index (χ0v) is 23.5. The maximum absolute atomic E-state index is 13.5. The van der Waals surface area contributed by atoms with Gasteiger partial charge in [-0.15, -0.1) is 0 Å². The molecule has 1 heterocycles. The van der Waals surface area contributed by atoms with Crippen LogP contribution in [0, 0.1) is 0 Å². The summed E-state index contributed by atoms with van der Waals surface area (Å²) in [5.41, 5.74) is 1.37. The Morgan fingerprint density at radius 2 is 1.68 bits per heavy atom. The van der Waals surface area contributed by atoms with E-state index in [4.69, 9.17) is 9.47 Å². The number of rotatable bonds is 13. The molecule has 0 fully saturated rings. The van der Waals surface area contributed by atoms with E-state index in [1.807, 2.05) is 51.1 Å². The summed E-state index contributed by atoms with van der Waals surface area (Å²) < 4.78 is 37.7. The molecule has 2 aromatic rings. The van der Waals surface area contributed by atoms with Crippen LogP contribution in [0.4, 0.5) is 5.69 Å². The first-order valence-corrected chi connectivity index (χ1v) is 15.0. The minimum Gasteiger partial charge on any atom is -0.486 e.